The van der Waals surface area contributed by atoms with Crippen LogP contribution in [0.5, 0.6) is 5.75 Å². The van der Waals surface area contributed by atoms with Crippen LogP contribution in [0.25, 0.3) is 0 Å². The molecule has 6 nitrogen and oxygen atoms in total. The quantitative estimate of drug-likeness (QED) is 0.805. The summed E-state index contributed by atoms with van der Waals surface area (Å²) >= 11 is 0. The Morgan fingerprint density at radius 1 is 1.12 bits per heavy atom. The minimum absolute atomic E-state index is 0.102. The molecule has 1 aliphatic rings. The first kappa shape index (κ1) is 17.9. The second kappa shape index (κ2) is 8.49. The third-order valence-electron chi connectivity index (χ3n) is 4.15. The molecule has 1 aliphatic heterocycles. The van der Waals surface area contributed by atoms with Crippen LogP contribution in [0.4, 0.5) is 5.69 Å². The SMILES string of the molecule is COC(=O)c1ccc(C(=O)Nc2ccccc2OC[C@@H]2CCCO2)cc1. The van der Waals surface area contributed by atoms with Gasteiger partial charge in [0.05, 0.1) is 24.5 Å². The normalized spacial score (nSPS) is 16.1. The molecule has 0 aromatic heterocycles. The van der Waals surface area contributed by atoms with Crippen LogP contribution in [0.15, 0.2) is 48.5 Å². The van der Waals surface area contributed by atoms with Gasteiger partial charge < -0.3 is 19.5 Å². The van der Waals surface area contributed by atoms with Crippen molar-refractivity contribution in [3.63, 3.8) is 0 Å². The Bertz CT molecular complexity index is 766. The number of anilines is 1. The molecule has 1 atom stereocenters. The fraction of sp³-hybridized carbons (Fsp3) is 0.300. The Hall–Kier alpha value is -2.86. The van der Waals surface area contributed by atoms with Gasteiger partial charge in [0.1, 0.15) is 12.4 Å². The van der Waals surface area contributed by atoms with Crippen LogP contribution < -0.4 is 10.1 Å². The molecule has 0 radical (unpaired) electrons. The summed E-state index contributed by atoms with van der Waals surface area (Å²) in [6.45, 7) is 1.23. The number of hydrogen-bond donors (Lipinski definition) is 1. The number of methoxy groups -OCH3 is 1. The minimum Gasteiger partial charge on any atom is -0.489 e. The van der Waals surface area contributed by atoms with Crippen molar-refractivity contribution in [2.45, 2.75) is 18.9 Å². The predicted molar refractivity (Wildman–Crippen MR) is 96.6 cm³/mol. The number of carbonyl (C=O) groups excluding carboxylic acids is 2. The van der Waals surface area contributed by atoms with Gasteiger partial charge in [0.2, 0.25) is 0 Å². The fourth-order valence-corrected chi connectivity index (χ4v) is 2.72. The van der Waals surface area contributed by atoms with Crippen molar-refractivity contribution in [3.05, 3.63) is 59.7 Å². The van der Waals surface area contributed by atoms with Crippen LogP contribution in [-0.4, -0.2) is 38.3 Å². The van der Waals surface area contributed by atoms with E-state index in [2.05, 4.69) is 10.1 Å². The molecular weight excluding hydrogens is 334 g/mol. The lowest BCUT2D eigenvalue weighted by Crippen LogP contribution is -2.18. The number of hydrogen-bond acceptors (Lipinski definition) is 5. The molecule has 26 heavy (non-hydrogen) atoms. The molecule has 0 spiro atoms. The van der Waals surface area contributed by atoms with Crippen LogP contribution in [0.3, 0.4) is 0 Å². The highest BCUT2D eigenvalue weighted by molar-refractivity contribution is 6.05. The molecule has 136 valence electrons. The highest BCUT2D eigenvalue weighted by atomic mass is 16.5. The summed E-state index contributed by atoms with van der Waals surface area (Å²) < 4.78 is 16.0. The molecule has 1 fully saturated rings. The van der Waals surface area contributed by atoms with Crippen molar-refractivity contribution < 1.29 is 23.8 Å². The number of benzene rings is 2. The predicted octanol–water partition coefficient (Wildman–Crippen LogP) is 3.28. The zero-order chi connectivity index (χ0) is 18.4. The summed E-state index contributed by atoms with van der Waals surface area (Å²) in [5, 5.41) is 2.84. The van der Waals surface area contributed by atoms with Gasteiger partial charge in [-0.25, -0.2) is 4.79 Å². The van der Waals surface area contributed by atoms with Gasteiger partial charge in [-0.05, 0) is 49.2 Å². The van der Waals surface area contributed by atoms with Gasteiger partial charge in [0.15, 0.2) is 0 Å². The number of amides is 1. The zero-order valence-corrected chi connectivity index (χ0v) is 14.6. The lowest BCUT2D eigenvalue weighted by atomic mass is 10.1. The summed E-state index contributed by atoms with van der Waals surface area (Å²) in [5.41, 5.74) is 1.42. The van der Waals surface area contributed by atoms with E-state index in [1.807, 2.05) is 18.2 Å². The van der Waals surface area contributed by atoms with E-state index in [0.29, 0.717) is 29.2 Å². The minimum atomic E-state index is -0.440. The van der Waals surface area contributed by atoms with Crippen LogP contribution in [0.1, 0.15) is 33.6 Å². The summed E-state index contributed by atoms with van der Waals surface area (Å²) in [5.74, 6) is -0.123. The topological polar surface area (TPSA) is 73.9 Å². The fourth-order valence-electron chi connectivity index (χ4n) is 2.72. The van der Waals surface area contributed by atoms with Crippen LogP contribution >= 0.6 is 0 Å². The second-order valence-electron chi connectivity index (χ2n) is 5.97. The number of para-hydroxylation sites is 2. The van der Waals surface area contributed by atoms with Gasteiger partial charge in [-0.3, -0.25) is 4.79 Å². The van der Waals surface area contributed by atoms with Gasteiger partial charge in [0, 0.05) is 12.2 Å². The van der Waals surface area contributed by atoms with Gasteiger partial charge in [-0.2, -0.15) is 0 Å². The standard InChI is InChI=1S/C20H21NO5/c1-24-20(23)15-10-8-14(9-11-15)19(22)21-17-6-2-3-7-18(17)26-13-16-5-4-12-25-16/h2-3,6-11,16H,4-5,12-13H2,1H3,(H,21,22)/t16-/m0/s1. The van der Waals surface area contributed by atoms with Crippen LogP contribution in [-0.2, 0) is 9.47 Å². The van der Waals surface area contributed by atoms with Gasteiger partial charge in [-0.1, -0.05) is 12.1 Å². The largest absolute Gasteiger partial charge is 0.489 e. The van der Waals surface area contributed by atoms with Crippen molar-refractivity contribution in [2.24, 2.45) is 0 Å². The number of nitrogens with one attached hydrogen (secondary N) is 1. The molecule has 2 aromatic carbocycles. The molecule has 1 heterocycles. The number of rotatable bonds is 6. The molecule has 1 N–H and O–H groups in total. The lowest BCUT2D eigenvalue weighted by Gasteiger charge is -2.15. The molecule has 3 rings (SSSR count). The van der Waals surface area contributed by atoms with Crippen molar-refractivity contribution in [1.29, 1.82) is 0 Å². The summed E-state index contributed by atoms with van der Waals surface area (Å²) in [6.07, 6.45) is 2.14. The maximum Gasteiger partial charge on any atom is 0.337 e. The van der Waals surface area contributed by atoms with E-state index >= 15 is 0 Å². The first-order chi connectivity index (χ1) is 12.7. The molecule has 1 amide bonds. The maximum atomic E-state index is 12.5. The first-order valence-electron chi connectivity index (χ1n) is 8.50. The number of carbonyl (C=O) groups is 2. The first-order valence-corrected chi connectivity index (χ1v) is 8.50. The smallest absolute Gasteiger partial charge is 0.337 e. The molecule has 0 unspecified atom stereocenters. The average Bonchev–Trinajstić information content (AvgIpc) is 3.20. The van der Waals surface area contributed by atoms with E-state index in [1.54, 1.807) is 30.3 Å². The molecular formula is C20H21NO5. The highest BCUT2D eigenvalue weighted by Gasteiger charge is 2.17. The molecule has 0 bridgehead atoms. The Morgan fingerprint density at radius 2 is 1.85 bits per heavy atom. The Morgan fingerprint density at radius 3 is 2.54 bits per heavy atom. The molecule has 0 aliphatic carbocycles. The Kier molecular flexibility index (Phi) is 5.86. The van der Waals surface area contributed by atoms with E-state index in [4.69, 9.17) is 9.47 Å². The number of ether oxygens (including phenoxy) is 3. The molecule has 0 saturated carbocycles. The zero-order valence-electron chi connectivity index (χ0n) is 14.6. The van der Waals surface area contributed by atoms with E-state index in [0.717, 1.165) is 19.4 Å². The van der Waals surface area contributed by atoms with Crippen LogP contribution in [0.2, 0.25) is 0 Å². The molecule has 6 heteroatoms. The molecule has 1 saturated heterocycles. The van der Waals surface area contributed by atoms with E-state index < -0.39 is 5.97 Å². The average molecular weight is 355 g/mol. The van der Waals surface area contributed by atoms with E-state index in [9.17, 15) is 9.59 Å². The Labute approximate surface area is 152 Å². The van der Waals surface area contributed by atoms with Crippen molar-refractivity contribution in [1.82, 2.24) is 0 Å². The monoisotopic (exact) mass is 355 g/mol. The third-order valence-corrected chi connectivity index (χ3v) is 4.15. The summed E-state index contributed by atoms with van der Waals surface area (Å²) in [7, 11) is 1.32. The van der Waals surface area contributed by atoms with E-state index in [1.165, 1.54) is 7.11 Å². The van der Waals surface area contributed by atoms with Crippen LogP contribution in [0, 0.1) is 0 Å². The summed E-state index contributed by atoms with van der Waals surface area (Å²) in [6, 6.07) is 13.5. The lowest BCUT2D eigenvalue weighted by molar-refractivity contribution is 0.0600. The van der Waals surface area contributed by atoms with Crippen molar-refractivity contribution in [3.8, 4) is 5.75 Å². The highest BCUT2D eigenvalue weighted by Crippen LogP contribution is 2.25. The van der Waals surface area contributed by atoms with Gasteiger partial charge in [-0.15, -0.1) is 0 Å². The van der Waals surface area contributed by atoms with E-state index in [-0.39, 0.29) is 12.0 Å². The summed E-state index contributed by atoms with van der Waals surface area (Å²) in [4.78, 5) is 23.9. The van der Waals surface area contributed by atoms with Crippen molar-refractivity contribution >= 4 is 17.6 Å². The third kappa shape index (κ3) is 4.40. The Balaban J connectivity index is 1.66. The number of esters is 1. The maximum absolute atomic E-state index is 12.5. The second-order valence-corrected chi connectivity index (χ2v) is 5.97. The van der Waals surface area contributed by atoms with Gasteiger partial charge in [0.25, 0.3) is 5.91 Å². The van der Waals surface area contributed by atoms with Crippen molar-refractivity contribution in [2.75, 3.05) is 25.6 Å². The molecule has 2 aromatic rings. The van der Waals surface area contributed by atoms with Gasteiger partial charge >= 0.3 is 5.97 Å².